The van der Waals surface area contributed by atoms with Crippen LogP contribution >= 0.6 is 0 Å². The van der Waals surface area contributed by atoms with Crippen molar-refractivity contribution in [3.8, 4) is 11.8 Å². The van der Waals surface area contributed by atoms with Gasteiger partial charge in [-0.15, -0.1) is 0 Å². The smallest absolute Gasteiger partial charge is 0.333 e. The van der Waals surface area contributed by atoms with E-state index in [4.69, 9.17) is 0 Å². The molecule has 0 bridgehead atoms. The highest BCUT2D eigenvalue weighted by molar-refractivity contribution is 5.92. The number of carbonyl (C=O) groups is 3. The molecule has 2 heterocycles. The molecule has 4 aromatic carbocycles. The van der Waals surface area contributed by atoms with Crippen LogP contribution in [0.5, 0.6) is 5.75 Å². The van der Waals surface area contributed by atoms with E-state index in [-0.39, 0.29) is 56.7 Å². The Morgan fingerprint density at radius 1 is 0.978 bits per heavy atom. The second-order valence-electron chi connectivity index (χ2n) is 11.1. The monoisotopic (exact) mass is 606 g/mol. The lowest BCUT2D eigenvalue weighted by atomic mass is 9.99. The van der Waals surface area contributed by atoms with Crippen LogP contribution in [0.3, 0.4) is 0 Å². The number of carbonyl (C=O) groups excluding carboxylic acids is 3. The summed E-state index contributed by atoms with van der Waals surface area (Å²) in [5.74, 6) is -0.869. The predicted molar refractivity (Wildman–Crippen MR) is 163 cm³/mol. The lowest BCUT2D eigenvalue weighted by Crippen LogP contribution is -2.66. The van der Waals surface area contributed by atoms with E-state index in [2.05, 4.69) is 5.32 Å². The Balaban J connectivity index is 1.31. The molecule has 0 unspecified atom stereocenters. The van der Waals surface area contributed by atoms with Gasteiger partial charge >= 0.3 is 6.03 Å². The molecule has 0 radical (unpaired) electrons. The number of hydrazine groups is 1. The molecule has 4 aromatic rings. The van der Waals surface area contributed by atoms with Gasteiger partial charge < -0.3 is 20.2 Å². The number of amides is 4. The average Bonchev–Trinajstić information content (AvgIpc) is 3.37. The fourth-order valence-corrected chi connectivity index (χ4v) is 6.10. The second kappa shape index (κ2) is 12.6. The van der Waals surface area contributed by atoms with Gasteiger partial charge in [0.1, 0.15) is 30.3 Å². The summed E-state index contributed by atoms with van der Waals surface area (Å²) in [6.45, 7) is -0.0301. The summed E-state index contributed by atoms with van der Waals surface area (Å²) in [4.78, 5) is 44.4. The number of halogens is 1. The number of benzene rings is 4. The van der Waals surface area contributed by atoms with Crippen LogP contribution in [0.2, 0.25) is 0 Å². The molecular weight excluding hydrogens is 575 g/mol. The summed E-state index contributed by atoms with van der Waals surface area (Å²) in [6.07, 6.45) is -0.506. The van der Waals surface area contributed by atoms with Crippen LogP contribution in [-0.4, -0.2) is 74.6 Å². The zero-order valence-corrected chi connectivity index (χ0v) is 24.3. The summed E-state index contributed by atoms with van der Waals surface area (Å²) >= 11 is 0. The van der Waals surface area contributed by atoms with Gasteiger partial charge in [-0.05, 0) is 51.7 Å². The summed E-state index contributed by atoms with van der Waals surface area (Å²) in [7, 11) is 0. The second-order valence-corrected chi connectivity index (χ2v) is 11.1. The van der Waals surface area contributed by atoms with E-state index in [0.717, 1.165) is 21.9 Å². The van der Waals surface area contributed by atoms with Crippen LogP contribution in [0.15, 0.2) is 91.0 Å². The van der Waals surface area contributed by atoms with Crippen LogP contribution in [0.4, 0.5) is 9.18 Å². The average molecular weight is 607 g/mol. The minimum atomic E-state index is -0.869. The van der Waals surface area contributed by atoms with Crippen molar-refractivity contribution < 1.29 is 23.9 Å². The number of phenolic OH excluding ortho intramolecular Hbond substituents is 1. The molecule has 0 aromatic heterocycles. The van der Waals surface area contributed by atoms with Crippen molar-refractivity contribution in [3.63, 3.8) is 0 Å². The third-order valence-electron chi connectivity index (χ3n) is 8.30. The Bertz CT molecular complexity index is 1770. The van der Waals surface area contributed by atoms with Crippen molar-refractivity contribution >= 4 is 28.6 Å². The number of hydrogen-bond donors (Lipinski definition) is 2. The maximum Gasteiger partial charge on any atom is 0.333 e. The van der Waals surface area contributed by atoms with Crippen molar-refractivity contribution in [3.05, 3.63) is 114 Å². The summed E-state index contributed by atoms with van der Waals surface area (Å²) < 4.78 is 13.4. The molecule has 6 rings (SSSR count). The molecule has 2 fully saturated rings. The van der Waals surface area contributed by atoms with E-state index in [0.29, 0.717) is 5.56 Å². The number of fused-ring (bicyclic) bond motifs is 2. The Kier molecular flexibility index (Phi) is 8.31. The van der Waals surface area contributed by atoms with Crippen molar-refractivity contribution in [2.45, 2.75) is 31.7 Å². The number of rotatable bonds is 8. The van der Waals surface area contributed by atoms with E-state index >= 15 is 0 Å². The molecule has 0 saturated carbocycles. The molecule has 10 nitrogen and oxygen atoms in total. The minimum Gasteiger partial charge on any atom is -0.508 e. The first-order valence-electron chi connectivity index (χ1n) is 14.6. The first-order chi connectivity index (χ1) is 21.8. The molecule has 0 aliphatic carbocycles. The molecule has 4 amide bonds. The summed E-state index contributed by atoms with van der Waals surface area (Å²) in [5.41, 5.74) is 2.37. The highest BCUT2D eigenvalue weighted by Gasteiger charge is 2.52. The van der Waals surface area contributed by atoms with Gasteiger partial charge in [0.2, 0.25) is 11.8 Å². The van der Waals surface area contributed by atoms with E-state index in [1.807, 2.05) is 48.5 Å². The fourth-order valence-electron chi connectivity index (χ4n) is 6.10. The maximum absolute atomic E-state index is 14.1. The quantitative estimate of drug-likeness (QED) is 0.295. The Hall–Kier alpha value is -5.47. The molecule has 11 heteroatoms. The zero-order valence-electron chi connectivity index (χ0n) is 24.3. The van der Waals surface area contributed by atoms with Crippen LogP contribution in [-0.2, 0) is 29.1 Å². The Morgan fingerprint density at radius 2 is 1.69 bits per heavy atom. The molecule has 2 aliphatic heterocycles. The minimum absolute atomic E-state index is 0.0893. The first kappa shape index (κ1) is 29.6. The largest absolute Gasteiger partial charge is 0.508 e. The van der Waals surface area contributed by atoms with Gasteiger partial charge in [-0.25, -0.2) is 14.2 Å². The first-order valence-corrected chi connectivity index (χ1v) is 14.6. The van der Waals surface area contributed by atoms with Crippen LogP contribution in [0.1, 0.15) is 16.7 Å². The number of hydrogen-bond acceptors (Lipinski definition) is 6. The number of phenols is 1. The summed E-state index contributed by atoms with van der Waals surface area (Å²) in [5, 5.41) is 27.0. The number of nitrogens with one attached hydrogen (secondary N) is 1. The Labute approximate surface area is 259 Å². The number of aromatic hydroxyl groups is 1. The van der Waals surface area contributed by atoms with Gasteiger partial charge in [-0.1, -0.05) is 66.7 Å². The summed E-state index contributed by atoms with van der Waals surface area (Å²) in [6, 6.07) is 26.6. The SMILES string of the molecule is N#CCN(C(=O)NCc1ccc(F)cc1)N1CC(=O)N2[C@@H](Cc3ccc(O)cc3)C(=O)N(Cc3cccc4ccccc34)C[C@@H]21. The normalized spacial score (nSPS) is 18.1. The predicted octanol–water partition coefficient (Wildman–Crippen LogP) is 3.76. The van der Waals surface area contributed by atoms with Crippen LogP contribution in [0, 0.1) is 17.1 Å². The third kappa shape index (κ3) is 6.14. The lowest BCUT2D eigenvalue weighted by Gasteiger charge is -2.46. The highest BCUT2D eigenvalue weighted by atomic mass is 19.1. The molecule has 2 atom stereocenters. The van der Waals surface area contributed by atoms with E-state index in [1.54, 1.807) is 34.2 Å². The third-order valence-corrected chi connectivity index (χ3v) is 8.30. The van der Waals surface area contributed by atoms with Gasteiger partial charge in [0.05, 0.1) is 19.2 Å². The van der Waals surface area contributed by atoms with Crippen molar-refractivity contribution in [1.82, 2.24) is 25.1 Å². The maximum atomic E-state index is 14.1. The molecule has 0 spiro atoms. The molecule has 2 saturated heterocycles. The van der Waals surface area contributed by atoms with Gasteiger partial charge in [0, 0.05) is 19.5 Å². The van der Waals surface area contributed by atoms with Crippen LogP contribution in [0.25, 0.3) is 10.8 Å². The molecular formula is C34H31FN6O4. The standard InChI is InChI=1S/C34H31FN6O4/c35-27-12-8-24(9-13-27)19-37-34(45)39(17-16-36)40-22-32(43)41-30(18-23-10-14-28(42)15-11-23)33(44)38(21-31(40)41)20-26-6-3-5-25-4-1-2-7-29(25)26/h1-15,30-31,42H,17-22H2,(H,37,45)/t30-,31+/m0/s1. The number of nitrogens with zero attached hydrogens (tertiary/aromatic N) is 5. The van der Waals surface area contributed by atoms with Gasteiger partial charge in [0.15, 0.2) is 0 Å². The lowest BCUT2D eigenvalue weighted by molar-refractivity contribution is -0.157. The molecule has 2 N–H and O–H groups in total. The van der Waals surface area contributed by atoms with Gasteiger partial charge in [0.25, 0.3) is 0 Å². The number of piperazine rings is 1. The molecule has 228 valence electrons. The Morgan fingerprint density at radius 3 is 2.44 bits per heavy atom. The molecule has 2 aliphatic rings. The van der Waals surface area contributed by atoms with E-state index < -0.39 is 24.1 Å². The number of urea groups is 1. The number of nitriles is 1. The van der Waals surface area contributed by atoms with Crippen LogP contribution < -0.4 is 5.32 Å². The van der Waals surface area contributed by atoms with Gasteiger partial charge in [-0.3, -0.25) is 9.59 Å². The fraction of sp³-hybridized carbons (Fsp3) is 0.235. The van der Waals surface area contributed by atoms with E-state index in [1.165, 1.54) is 34.2 Å². The molecule has 45 heavy (non-hydrogen) atoms. The van der Waals surface area contributed by atoms with Crippen molar-refractivity contribution in [2.24, 2.45) is 0 Å². The highest BCUT2D eigenvalue weighted by Crippen LogP contribution is 2.31. The topological polar surface area (TPSA) is 120 Å². The van der Waals surface area contributed by atoms with Crippen molar-refractivity contribution in [1.29, 1.82) is 5.26 Å². The van der Waals surface area contributed by atoms with Gasteiger partial charge in [-0.2, -0.15) is 10.3 Å². The van der Waals surface area contributed by atoms with E-state index in [9.17, 15) is 29.1 Å². The van der Waals surface area contributed by atoms with Crippen molar-refractivity contribution in [2.75, 3.05) is 19.6 Å². The zero-order chi connectivity index (χ0) is 31.5.